The maximum absolute atomic E-state index is 12.6. The van der Waals surface area contributed by atoms with Crippen LogP contribution in [0.4, 0.5) is 10.6 Å². The minimum Gasteiger partial charge on any atom is -0.493 e. The molecule has 3 heterocycles. The van der Waals surface area contributed by atoms with Gasteiger partial charge in [-0.25, -0.2) is 9.69 Å². The molecule has 4 rings (SSSR count). The Kier molecular flexibility index (Phi) is 4.22. The fourth-order valence-electron chi connectivity index (χ4n) is 3.22. The SMILES string of the molecule is CC[C@@]1(C)NC(=O)N(c2cccc(Oc3ccc4c(c3)OCCC4)n2)C1=O. The third-order valence-corrected chi connectivity index (χ3v) is 5.02. The van der Waals surface area contributed by atoms with Gasteiger partial charge in [0.15, 0.2) is 0 Å². The largest absolute Gasteiger partial charge is 0.493 e. The third kappa shape index (κ3) is 3.09. The Labute approximate surface area is 157 Å². The van der Waals surface area contributed by atoms with Gasteiger partial charge in [-0.15, -0.1) is 0 Å². The predicted octanol–water partition coefficient (Wildman–Crippen LogP) is 3.42. The molecule has 7 nitrogen and oxygen atoms in total. The minimum absolute atomic E-state index is 0.237. The number of rotatable bonds is 4. The molecule has 140 valence electrons. The molecule has 1 N–H and O–H groups in total. The zero-order chi connectivity index (χ0) is 19.0. The number of nitrogens with zero attached hydrogens (tertiary/aromatic N) is 2. The molecule has 2 aliphatic rings. The van der Waals surface area contributed by atoms with Crippen molar-refractivity contribution in [1.29, 1.82) is 0 Å². The number of urea groups is 1. The molecule has 1 aromatic heterocycles. The summed E-state index contributed by atoms with van der Waals surface area (Å²) in [6.45, 7) is 4.26. The molecule has 1 fully saturated rings. The Morgan fingerprint density at radius 1 is 1.30 bits per heavy atom. The Balaban J connectivity index is 1.58. The number of fused-ring (bicyclic) bond motifs is 1. The van der Waals surface area contributed by atoms with E-state index in [1.54, 1.807) is 25.1 Å². The average molecular weight is 367 g/mol. The summed E-state index contributed by atoms with van der Waals surface area (Å²) in [4.78, 5) is 30.3. The number of amides is 3. The summed E-state index contributed by atoms with van der Waals surface area (Å²) >= 11 is 0. The molecule has 0 spiro atoms. The molecule has 7 heteroatoms. The minimum atomic E-state index is -0.911. The molecule has 3 amide bonds. The third-order valence-electron chi connectivity index (χ3n) is 5.02. The topological polar surface area (TPSA) is 80.8 Å². The number of pyridine rings is 1. The van der Waals surface area contributed by atoms with E-state index in [2.05, 4.69) is 10.3 Å². The molecule has 1 aromatic carbocycles. The van der Waals surface area contributed by atoms with E-state index < -0.39 is 11.6 Å². The van der Waals surface area contributed by atoms with E-state index in [4.69, 9.17) is 9.47 Å². The molecule has 0 unspecified atom stereocenters. The lowest BCUT2D eigenvalue weighted by atomic mass is 9.99. The number of anilines is 1. The van der Waals surface area contributed by atoms with Crippen LogP contribution in [0.3, 0.4) is 0 Å². The number of ether oxygens (including phenoxy) is 2. The first-order valence-corrected chi connectivity index (χ1v) is 9.07. The van der Waals surface area contributed by atoms with Crippen LogP contribution in [0.5, 0.6) is 17.4 Å². The number of carbonyl (C=O) groups excluding carboxylic acids is 2. The Morgan fingerprint density at radius 2 is 2.15 bits per heavy atom. The molecule has 1 saturated heterocycles. The molecule has 2 aliphatic heterocycles. The number of carbonyl (C=O) groups is 2. The summed E-state index contributed by atoms with van der Waals surface area (Å²) in [5.74, 6) is 1.63. The van der Waals surface area contributed by atoms with Gasteiger partial charge in [-0.3, -0.25) is 4.79 Å². The van der Waals surface area contributed by atoms with Gasteiger partial charge in [0.05, 0.1) is 6.61 Å². The molecular formula is C20H21N3O4. The summed E-state index contributed by atoms with van der Waals surface area (Å²) in [6, 6.07) is 10.2. The van der Waals surface area contributed by atoms with Gasteiger partial charge >= 0.3 is 6.03 Å². The van der Waals surface area contributed by atoms with Crippen LogP contribution >= 0.6 is 0 Å². The van der Waals surface area contributed by atoms with E-state index in [1.165, 1.54) is 0 Å². The number of hydrogen-bond donors (Lipinski definition) is 1. The fraction of sp³-hybridized carbons (Fsp3) is 0.350. The van der Waals surface area contributed by atoms with Crippen LogP contribution in [0.1, 0.15) is 32.3 Å². The Morgan fingerprint density at radius 3 is 2.93 bits per heavy atom. The van der Waals surface area contributed by atoms with Crippen LogP contribution < -0.4 is 19.7 Å². The van der Waals surface area contributed by atoms with Crippen LogP contribution in [0, 0.1) is 0 Å². The van der Waals surface area contributed by atoms with Gasteiger partial charge in [0.1, 0.15) is 22.9 Å². The first-order valence-electron chi connectivity index (χ1n) is 9.07. The standard InChI is InChI=1S/C20H21N3O4/c1-3-20(2)18(24)23(19(25)22-20)16-7-4-8-17(21-16)27-14-10-9-13-6-5-11-26-15(13)12-14/h4,7-10,12H,3,5-6,11H2,1-2H3,(H,22,25)/t20-/m1/s1. The highest BCUT2D eigenvalue weighted by Crippen LogP contribution is 2.32. The molecule has 0 bridgehead atoms. The van der Waals surface area contributed by atoms with Crippen LogP contribution in [0.2, 0.25) is 0 Å². The highest BCUT2D eigenvalue weighted by Gasteiger charge is 2.47. The van der Waals surface area contributed by atoms with Crippen molar-refractivity contribution in [3.05, 3.63) is 42.0 Å². The van der Waals surface area contributed by atoms with E-state index in [0.29, 0.717) is 24.7 Å². The van der Waals surface area contributed by atoms with Gasteiger partial charge in [0, 0.05) is 12.1 Å². The summed E-state index contributed by atoms with van der Waals surface area (Å²) in [5.41, 5.74) is 0.249. The Hall–Kier alpha value is -3.09. The number of imide groups is 1. The lowest BCUT2D eigenvalue weighted by molar-refractivity contribution is -0.121. The normalized spacial score (nSPS) is 21.5. The lowest BCUT2D eigenvalue weighted by Crippen LogP contribution is -2.43. The quantitative estimate of drug-likeness (QED) is 0.838. The van der Waals surface area contributed by atoms with Crippen molar-refractivity contribution >= 4 is 17.8 Å². The van der Waals surface area contributed by atoms with E-state index >= 15 is 0 Å². The van der Waals surface area contributed by atoms with Crippen molar-refractivity contribution in [1.82, 2.24) is 10.3 Å². The van der Waals surface area contributed by atoms with Crippen molar-refractivity contribution in [2.75, 3.05) is 11.5 Å². The summed E-state index contributed by atoms with van der Waals surface area (Å²) in [6.07, 6.45) is 2.50. The van der Waals surface area contributed by atoms with Crippen molar-refractivity contribution in [3.63, 3.8) is 0 Å². The fourth-order valence-corrected chi connectivity index (χ4v) is 3.22. The summed E-state index contributed by atoms with van der Waals surface area (Å²) in [7, 11) is 0. The highest BCUT2D eigenvalue weighted by atomic mass is 16.5. The molecular weight excluding hydrogens is 346 g/mol. The van der Waals surface area contributed by atoms with Crippen molar-refractivity contribution in [2.24, 2.45) is 0 Å². The van der Waals surface area contributed by atoms with Crippen LogP contribution in [0.15, 0.2) is 36.4 Å². The molecule has 27 heavy (non-hydrogen) atoms. The van der Waals surface area contributed by atoms with Crippen molar-refractivity contribution in [2.45, 2.75) is 38.6 Å². The average Bonchev–Trinajstić information content (AvgIpc) is 2.91. The second kappa shape index (κ2) is 6.57. The molecule has 0 saturated carbocycles. The summed E-state index contributed by atoms with van der Waals surface area (Å²) < 4.78 is 11.5. The molecule has 0 aliphatic carbocycles. The zero-order valence-corrected chi connectivity index (χ0v) is 15.3. The second-order valence-corrected chi connectivity index (χ2v) is 6.91. The van der Waals surface area contributed by atoms with Crippen LogP contribution in [0.25, 0.3) is 0 Å². The second-order valence-electron chi connectivity index (χ2n) is 6.91. The van der Waals surface area contributed by atoms with Crippen molar-refractivity contribution < 1.29 is 19.1 Å². The van der Waals surface area contributed by atoms with Gasteiger partial charge in [-0.2, -0.15) is 4.98 Å². The van der Waals surface area contributed by atoms with Gasteiger partial charge in [-0.1, -0.05) is 19.1 Å². The number of nitrogens with one attached hydrogen (secondary N) is 1. The van der Waals surface area contributed by atoms with Gasteiger partial charge < -0.3 is 14.8 Å². The lowest BCUT2D eigenvalue weighted by Gasteiger charge is -2.19. The van der Waals surface area contributed by atoms with E-state index in [0.717, 1.165) is 29.1 Å². The van der Waals surface area contributed by atoms with E-state index in [9.17, 15) is 9.59 Å². The molecule has 2 aromatic rings. The molecule has 1 atom stereocenters. The maximum atomic E-state index is 12.6. The highest BCUT2D eigenvalue weighted by molar-refractivity contribution is 6.22. The monoisotopic (exact) mass is 367 g/mol. The Bertz CT molecular complexity index is 914. The smallest absolute Gasteiger partial charge is 0.330 e. The number of benzene rings is 1. The van der Waals surface area contributed by atoms with Crippen molar-refractivity contribution in [3.8, 4) is 17.4 Å². The number of aryl methyl sites for hydroxylation is 1. The predicted molar refractivity (Wildman–Crippen MR) is 99.3 cm³/mol. The zero-order valence-electron chi connectivity index (χ0n) is 15.3. The number of aromatic nitrogens is 1. The first kappa shape index (κ1) is 17.3. The van der Waals surface area contributed by atoms with E-state index in [1.807, 2.05) is 25.1 Å². The summed E-state index contributed by atoms with van der Waals surface area (Å²) in [5, 5.41) is 2.72. The first-order chi connectivity index (χ1) is 13.0. The maximum Gasteiger partial charge on any atom is 0.330 e. The van der Waals surface area contributed by atoms with Gasteiger partial charge in [-0.05, 0) is 43.9 Å². The van der Waals surface area contributed by atoms with E-state index in [-0.39, 0.29) is 11.7 Å². The van der Waals surface area contributed by atoms with Gasteiger partial charge in [0.2, 0.25) is 5.88 Å². The van der Waals surface area contributed by atoms with Crippen LogP contribution in [-0.2, 0) is 11.2 Å². The number of hydrogen-bond acceptors (Lipinski definition) is 5. The van der Waals surface area contributed by atoms with Gasteiger partial charge in [0.25, 0.3) is 5.91 Å². The molecule has 0 radical (unpaired) electrons. The van der Waals surface area contributed by atoms with Crippen LogP contribution in [-0.4, -0.2) is 29.1 Å².